The Morgan fingerprint density at radius 3 is 2.47 bits per heavy atom. The molecule has 1 unspecified atom stereocenters. The first-order valence-electron chi connectivity index (χ1n) is 6.64. The second-order valence-corrected chi connectivity index (χ2v) is 6.54. The molecule has 7 nitrogen and oxygen atoms in total. The third-order valence-electron chi connectivity index (χ3n) is 3.66. The van der Waals surface area contributed by atoms with Gasteiger partial charge < -0.3 is 9.64 Å². The molecule has 1 atom stereocenters. The molecule has 0 saturated carbocycles. The number of carbonyl (C=O) groups excluding carboxylic acids is 1. The van der Waals surface area contributed by atoms with Crippen LogP contribution < -0.4 is 5.14 Å². The van der Waals surface area contributed by atoms with Gasteiger partial charge in [0.1, 0.15) is 0 Å². The molecule has 2 N–H and O–H groups in total. The van der Waals surface area contributed by atoms with Crippen LogP contribution in [0, 0.1) is 0 Å². The van der Waals surface area contributed by atoms with Crippen LogP contribution in [0.15, 0.2) is 0 Å². The van der Waals surface area contributed by atoms with E-state index in [9.17, 15) is 13.2 Å². The van der Waals surface area contributed by atoms with E-state index in [1.165, 1.54) is 4.31 Å². The molecule has 0 aliphatic carbocycles. The van der Waals surface area contributed by atoms with Gasteiger partial charge in [-0.3, -0.25) is 4.79 Å². The predicted molar refractivity (Wildman–Crippen MR) is 69.5 cm³/mol. The topological polar surface area (TPSA) is 92.9 Å². The number of ether oxygens (including phenoxy) is 1. The van der Waals surface area contributed by atoms with Crippen molar-refractivity contribution in [3.05, 3.63) is 0 Å². The van der Waals surface area contributed by atoms with Gasteiger partial charge in [-0.1, -0.05) is 0 Å². The first kappa shape index (κ1) is 14.7. The van der Waals surface area contributed by atoms with Crippen LogP contribution in [0.5, 0.6) is 0 Å². The van der Waals surface area contributed by atoms with Crippen LogP contribution >= 0.6 is 0 Å². The molecule has 0 aromatic rings. The zero-order chi connectivity index (χ0) is 13.9. The maximum absolute atomic E-state index is 12.0. The summed E-state index contributed by atoms with van der Waals surface area (Å²) in [5.41, 5.74) is 0. The second kappa shape index (κ2) is 6.17. The number of nitrogens with two attached hydrogens (primary N) is 1. The first-order chi connectivity index (χ1) is 8.97. The Hall–Kier alpha value is -0.700. The van der Waals surface area contributed by atoms with Gasteiger partial charge in [0.25, 0.3) is 10.2 Å². The number of carbonyl (C=O) groups is 1. The van der Waals surface area contributed by atoms with Crippen LogP contribution in [0.2, 0.25) is 0 Å². The van der Waals surface area contributed by atoms with Crippen molar-refractivity contribution in [3.8, 4) is 0 Å². The molecule has 2 heterocycles. The van der Waals surface area contributed by atoms with Crippen LogP contribution in [0.1, 0.15) is 25.7 Å². The molecule has 0 aromatic carbocycles. The third-order valence-corrected chi connectivity index (χ3v) is 4.74. The smallest absolute Gasteiger partial charge is 0.277 e. The van der Waals surface area contributed by atoms with Gasteiger partial charge in [-0.25, -0.2) is 5.14 Å². The molecular formula is C11H21N3O4S. The van der Waals surface area contributed by atoms with E-state index in [0.717, 1.165) is 25.9 Å². The number of hydrogen-bond acceptors (Lipinski definition) is 4. The molecule has 110 valence electrons. The standard InChI is InChI=1S/C11H21N3O4S/c12-19(16,17)14-7-5-13(6-8-14)11(15)4-3-10-2-1-9-18-10/h10H,1-9H2,(H2,12,16,17). The first-order valence-corrected chi connectivity index (χ1v) is 8.14. The lowest BCUT2D eigenvalue weighted by atomic mass is 10.1. The summed E-state index contributed by atoms with van der Waals surface area (Å²) in [5, 5.41) is 5.05. The lowest BCUT2D eigenvalue weighted by Crippen LogP contribution is -2.52. The molecule has 2 saturated heterocycles. The lowest BCUT2D eigenvalue weighted by molar-refractivity contribution is -0.133. The zero-order valence-corrected chi connectivity index (χ0v) is 11.8. The van der Waals surface area contributed by atoms with E-state index in [2.05, 4.69) is 0 Å². The van der Waals surface area contributed by atoms with E-state index in [1.54, 1.807) is 4.90 Å². The molecule has 2 fully saturated rings. The van der Waals surface area contributed by atoms with Crippen LogP contribution in [0.3, 0.4) is 0 Å². The average Bonchev–Trinajstić information content (AvgIpc) is 2.88. The van der Waals surface area contributed by atoms with Gasteiger partial charge in [-0.05, 0) is 19.3 Å². The molecule has 8 heteroatoms. The fourth-order valence-corrected chi connectivity index (χ4v) is 3.18. The minimum Gasteiger partial charge on any atom is -0.378 e. The summed E-state index contributed by atoms with van der Waals surface area (Å²) in [7, 11) is -3.63. The van der Waals surface area contributed by atoms with Gasteiger partial charge in [0.05, 0.1) is 6.10 Å². The number of rotatable bonds is 4. The van der Waals surface area contributed by atoms with Crippen LogP contribution in [0.4, 0.5) is 0 Å². The van der Waals surface area contributed by atoms with Gasteiger partial charge in [-0.2, -0.15) is 12.7 Å². The van der Waals surface area contributed by atoms with Gasteiger partial charge in [-0.15, -0.1) is 0 Å². The number of piperazine rings is 1. The van der Waals surface area contributed by atoms with Crippen LogP contribution in [-0.2, 0) is 19.7 Å². The van der Waals surface area contributed by atoms with Crippen molar-refractivity contribution in [1.29, 1.82) is 0 Å². The Bertz CT molecular complexity index is 412. The maximum atomic E-state index is 12.0. The molecule has 1 amide bonds. The monoisotopic (exact) mass is 291 g/mol. The van der Waals surface area contributed by atoms with Crippen molar-refractivity contribution in [3.63, 3.8) is 0 Å². The minimum atomic E-state index is -3.63. The number of amides is 1. The summed E-state index contributed by atoms with van der Waals surface area (Å²) in [6.07, 6.45) is 3.56. The summed E-state index contributed by atoms with van der Waals surface area (Å²) in [5.74, 6) is 0.0737. The van der Waals surface area contributed by atoms with Gasteiger partial charge in [0, 0.05) is 39.2 Å². The molecule has 2 aliphatic rings. The molecule has 0 aromatic heterocycles. The van der Waals surface area contributed by atoms with Crippen molar-refractivity contribution < 1.29 is 17.9 Å². The summed E-state index contributed by atoms with van der Waals surface area (Å²) >= 11 is 0. The molecule has 2 aliphatic heterocycles. The van der Waals surface area contributed by atoms with Crippen LogP contribution in [0.25, 0.3) is 0 Å². The Labute approximate surface area is 113 Å². The van der Waals surface area contributed by atoms with E-state index in [0.29, 0.717) is 19.5 Å². The fourth-order valence-electron chi connectivity index (χ4n) is 2.51. The molecule has 0 radical (unpaired) electrons. The SMILES string of the molecule is NS(=O)(=O)N1CCN(C(=O)CCC2CCCO2)CC1. The average molecular weight is 291 g/mol. The molecule has 19 heavy (non-hydrogen) atoms. The second-order valence-electron chi connectivity index (χ2n) is 5.00. The van der Waals surface area contributed by atoms with Crippen molar-refractivity contribution in [2.45, 2.75) is 31.8 Å². The van der Waals surface area contributed by atoms with E-state index in [4.69, 9.17) is 9.88 Å². The third kappa shape index (κ3) is 4.13. The summed E-state index contributed by atoms with van der Waals surface area (Å²) < 4.78 is 29.0. The normalized spacial score (nSPS) is 25.7. The maximum Gasteiger partial charge on any atom is 0.277 e. The predicted octanol–water partition coefficient (Wildman–Crippen LogP) is -0.707. The van der Waals surface area contributed by atoms with E-state index < -0.39 is 10.2 Å². The lowest BCUT2D eigenvalue weighted by Gasteiger charge is -2.33. The van der Waals surface area contributed by atoms with Crippen LogP contribution in [-0.4, -0.2) is 62.4 Å². The largest absolute Gasteiger partial charge is 0.378 e. The Morgan fingerprint density at radius 1 is 1.26 bits per heavy atom. The van der Waals surface area contributed by atoms with Crippen molar-refractivity contribution >= 4 is 16.1 Å². The molecular weight excluding hydrogens is 270 g/mol. The van der Waals surface area contributed by atoms with Crippen molar-refractivity contribution in [2.75, 3.05) is 32.8 Å². The van der Waals surface area contributed by atoms with Gasteiger partial charge in [0.15, 0.2) is 0 Å². The number of hydrogen-bond donors (Lipinski definition) is 1. The summed E-state index contributed by atoms with van der Waals surface area (Å²) in [6, 6.07) is 0. The highest BCUT2D eigenvalue weighted by molar-refractivity contribution is 7.86. The Balaban J connectivity index is 1.73. The Morgan fingerprint density at radius 2 is 1.95 bits per heavy atom. The van der Waals surface area contributed by atoms with E-state index >= 15 is 0 Å². The fraction of sp³-hybridized carbons (Fsp3) is 0.909. The Kier molecular flexibility index (Phi) is 4.77. The van der Waals surface area contributed by atoms with Crippen molar-refractivity contribution in [2.24, 2.45) is 5.14 Å². The molecule has 0 spiro atoms. The van der Waals surface area contributed by atoms with Crippen molar-refractivity contribution in [1.82, 2.24) is 9.21 Å². The highest BCUT2D eigenvalue weighted by atomic mass is 32.2. The number of nitrogens with zero attached hydrogens (tertiary/aromatic N) is 2. The van der Waals surface area contributed by atoms with E-state index in [-0.39, 0.29) is 25.1 Å². The highest BCUT2D eigenvalue weighted by Gasteiger charge is 2.27. The summed E-state index contributed by atoms with van der Waals surface area (Å²) in [6.45, 7) is 2.20. The van der Waals surface area contributed by atoms with Gasteiger partial charge in [0.2, 0.25) is 5.91 Å². The zero-order valence-electron chi connectivity index (χ0n) is 11.0. The molecule has 2 rings (SSSR count). The minimum absolute atomic E-state index is 0.0737. The molecule has 0 bridgehead atoms. The summed E-state index contributed by atoms with van der Waals surface area (Å²) in [4.78, 5) is 13.7. The van der Waals surface area contributed by atoms with E-state index in [1.807, 2.05) is 0 Å². The van der Waals surface area contributed by atoms with Gasteiger partial charge >= 0.3 is 0 Å². The highest BCUT2D eigenvalue weighted by Crippen LogP contribution is 2.17. The quantitative estimate of drug-likeness (QED) is 0.741.